The highest BCUT2D eigenvalue weighted by Crippen LogP contribution is 2.52. The summed E-state index contributed by atoms with van der Waals surface area (Å²) in [5.74, 6) is -1.76. The molecule has 2 atom stereocenters. The first-order valence-electron chi connectivity index (χ1n) is 14.2. The van der Waals surface area contributed by atoms with Crippen LogP contribution in [0.3, 0.4) is 0 Å². The van der Waals surface area contributed by atoms with Gasteiger partial charge in [-0.25, -0.2) is 4.79 Å². The molecular weight excluding hydrogens is 571 g/mol. The van der Waals surface area contributed by atoms with Crippen molar-refractivity contribution in [2.45, 2.75) is 44.9 Å². The number of hydrogen-bond donors (Lipinski definition) is 2. The quantitative estimate of drug-likeness (QED) is 0.0852. The van der Waals surface area contributed by atoms with Gasteiger partial charge in [-0.2, -0.15) is 0 Å². The van der Waals surface area contributed by atoms with Crippen LogP contribution < -0.4 is 15.4 Å². The molecule has 0 aliphatic heterocycles. The lowest BCUT2D eigenvalue weighted by molar-refractivity contribution is -0.143. The molecule has 10 nitrogen and oxygen atoms in total. The third-order valence-corrected chi connectivity index (χ3v) is 8.63. The molecule has 43 heavy (non-hydrogen) atoms. The van der Waals surface area contributed by atoms with Crippen molar-refractivity contribution in [3.05, 3.63) is 95.6 Å². The summed E-state index contributed by atoms with van der Waals surface area (Å²) in [7, 11) is -2.90. The topological polar surface area (TPSA) is 129 Å². The average molecular weight is 611 g/mol. The van der Waals surface area contributed by atoms with E-state index in [1.807, 2.05) is 54.6 Å². The van der Waals surface area contributed by atoms with Crippen LogP contribution in [0.5, 0.6) is 11.5 Å². The van der Waals surface area contributed by atoms with E-state index in [0.29, 0.717) is 42.9 Å². The lowest BCUT2D eigenvalue weighted by Gasteiger charge is -2.27. The van der Waals surface area contributed by atoms with E-state index in [4.69, 9.17) is 18.5 Å². The number of carbonyl (C=O) groups is 3. The van der Waals surface area contributed by atoms with Crippen molar-refractivity contribution < 1.29 is 37.5 Å². The number of rotatable bonds is 18. The van der Waals surface area contributed by atoms with Gasteiger partial charge in [0.15, 0.2) is 0 Å². The molecule has 3 rings (SSSR count). The van der Waals surface area contributed by atoms with E-state index in [2.05, 4.69) is 10.6 Å². The molecule has 0 fully saturated rings. The Hall–Kier alpha value is -3.82. The van der Waals surface area contributed by atoms with E-state index in [-0.39, 0.29) is 13.2 Å². The Bertz CT molecular complexity index is 1360. The molecule has 3 aromatic rings. The Balaban J connectivity index is 1.67. The van der Waals surface area contributed by atoms with Crippen LogP contribution in [0.25, 0.3) is 0 Å². The number of methoxy groups -OCH3 is 1. The number of aryl methyl sites for hydroxylation is 1. The fraction of sp³-hybridized carbons (Fsp3) is 0.344. The number of nitrogens with one attached hydrogen (secondary N) is 2. The molecule has 0 heterocycles. The highest BCUT2D eigenvalue weighted by Gasteiger charge is 2.44. The Kier molecular flexibility index (Phi) is 13.6. The molecule has 11 heteroatoms. The normalized spacial score (nSPS) is 12.6. The number of carbonyl (C=O) groups excluding carboxylic acids is 3. The summed E-state index contributed by atoms with van der Waals surface area (Å²) in [5.41, 5.74) is 2.54. The summed E-state index contributed by atoms with van der Waals surface area (Å²) in [6, 6.07) is 23.3. The van der Waals surface area contributed by atoms with E-state index < -0.39 is 31.3 Å². The van der Waals surface area contributed by atoms with Crippen molar-refractivity contribution in [2.75, 3.05) is 26.9 Å². The Morgan fingerprint density at radius 1 is 0.884 bits per heavy atom. The number of esters is 1. The van der Waals surface area contributed by atoms with Crippen molar-refractivity contribution in [1.29, 1.82) is 0 Å². The third kappa shape index (κ3) is 10.4. The highest BCUT2D eigenvalue weighted by atomic mass is 31.2. The molecule has 0 saturated heterocycles. The third-order valence-electron chi connectivity index (χ3n) is 6.42. The predicted molar refractivity (Wildman–Crippen MR) is 163 cm³/mol. The minimum Gasteiger partial charge on any atom is -0.467 e. The Labute approximate surface area is 252 Å². The molecular formula is C32H39N2O8P. The fourth-order valence-corrected chi connectivity index (χ4v) is 6.09. The number of ether oxygens (including phenoxy) is 2. The van der Waals surface area contributed by atoms with E-state index in [9.17, 15) is 18.9 Å². The van der Waals surface area contributed by atoms with Crippen molar-refractivity contribution in [3.63, 3.8) is 0 Å². The maximum atomic E-state index is 13.5. The average Bonchev–Trinajstić information content (AvgIpc) is 3.02. The van der Waals surface area contributed by atoms with Crippen LogP contribution in [0.15, 0.2) is 78.9 Å². The van der Waals surface area contributed by atoms with Crippen LogP contribution >= 0.6 is 7.60 Å². The minimum absolute atomic E-state index is 0.0189. The van der Waals surface area contributed by atoms with Gasteiger partial charge in [0, 0.05) is 5.56 Å². The summed E-state index contributed by atoms with van der Waals surface area (Å²) >= 11 is 0. The Morgan fingerprint density at radius 2 is 1.56 bits per heavy atom. The lowest BCUT2D eigenvalue weighted by atomic mass is 10.0. The molecule has 230 valence electrons. The van der Waals surface area contributed by atoms with Crippen molar-refractivity contribution in [2.24, 2.45) is 0 Å². The minimum atomic E-state index is -4.05. The first-order chi connectivity index (χ1) is 20.8. The van der Waals surface area contributed by atoms with Crippen LogP contribution in [-0.2, 0) is 40.8 Å². The van der Waals surface area contributed by atoms with Crippen LogP contribution in [0, 0.1) is 0 Å². The van der Waals surface area contributed by atoms with Gasteiger partial charge in [-0.1, -0.05) is 42.5 Å². The number of amides is 1. The smallest absolute Gasteiger partial charge is 0.364 e. The molecule has 0 aliphatic rings. The van der Waals surface area contributed by atoms with Gasteiger partial charge < -0.3 is 29.2 Å². The second-order valence-electron chi connectivity index (χ2n) is 9.55. The van der Waals surface area contributed by atoms with Crippen molar-refractivity contribution >= 4 is 25.8 Å². The van der Waals surface area contributed by atoms with Crippen LogP contribution in [0.2, 0.25) is 0 Å². The number of benzene rings is 3. The van der Waals surface area contributed by atoms with Gasteiger partial charge in [-0.3, -0.25) is 14.2 Å². The number of aldehydes is 1. The maximum Gasteiger partial charge on any atom is 0.364 e. The summed E-state index contributed by atoms with van der Waals surface area (Å²) in [6.07, 6.45) is 2.53. The Morgan fingerprint density at radius 3 is 2.19 bits per heavy atom. The number of hydrogen-bond acceptors (Lipinski definition) is 9. The SMILES string of the molecule is CCOP(=O)(OCC)[C@H](NC(=O)[C@H](Cc1ccccc1)NCCCc1cccc(Oc2ccc(C=O)cc2)c1)C(=O)OC. The monoisotopic (exact) mass is 610 g/mol. The standard InChI is InChI=1S/C32H39N2O8P/c1-4-40-43(38,41-5-2)31(32(37)39-3)34-30(36)29(22-25-11-7-6-8-12-25)33-20-10-14-24-13-9-15-28(21-24)42-27-18-16-26(23-35)17-19-27/h6-9,11-13,15-19,21,23,29,31,33H,4-5,10,14,20,22H2,1-3H3,(H,34,36)/t29-,31-/m0/s1. The van der Waals surface area contributed by atoms with Crippen LogP contribution in [0.4, 0.5) is 0 Å². The van der Waals surface area contributed by atoms with Gasteiger partial charge >= 0.3 is 13.6 Å². The van der Waals surface area contributed by atoms with E-state index >= 15 is 0 Å². The molecule has 1 amide bonds. The zero-order chi connectivity index (χ0) is 31.1. The lowest BCUT2D eigenvalue weighted by Crippen LogP contribution is -2.51. The molecule has 0 saturated carbocycles. The predicted octanol–water partition coefficient (Wildman–Crippen LogP) is 5.31. The second-order valence-corrected chi connectivity index (χ2v) is 11.7. The van der Waals surface area contributed by atoms with E-state index in [0.717, 1.165) is 24.5 Å². The molecule has 0 bridgehead atoms. The van der Waals surface area contributed by atoms with Crippen molar-refractivity contribution in [1.82, 2.24) is 10.6 Å². The van der Waals surface area contributed by atoms with E-state index in [1.54, 1.807) is 38.1 Å². The van der Waals surface area contributed by atoms with Gasteiger partial charge in [-0.15, -0.1) is 0 Å². The van der Waals surface area contributed by atoms with Gasteiger partial charge in [-0.05, 0) is 87.2 Å². The summed E-state index contributed by atoms with van der Waals surface area (Å²) in [4.78, 5) is 37.0. The van der Waals surface area contributed by atoms with Crippen LogP contribution in [0.1, 0.15) is 41.8 Å². The zero-order valence-corrected chi connectivity index (χ0v) is 25.6. The molecule has 2 N–H and O–H groups in total. The van der Waals surface area contributed by atoms with Crippen LogP contribution in [-0.4, -0.2) is 56.9 Å². The maximum absolute atomic E-state index is 13.5. The molecule has 0 aliphatic carbocycles. The molecule has 0 aromatic heterocycles. The molecule has 3 aromatic carbocycles. The van der Waals surface area contributed by atoms with E-state index in [1.165, 1.54) is 0 Å². The van der Waals surface area contributed by atoms with Gasteiger partial charge in [0.05, 0.1) is 26.4 Å². The first kappa shape index (κ1) is 33.7. The largest absolute Gasteiger partial charge is 0.467 e. The zero-order valence-electron chi connectivity index (χ0n) is 24.7. The molecule has 0 unspecified atom stereocenters. The second kappa shape index (κ2) is 17.3. The van der Waals surface area contributed by atoms with Gasteiger partial charge in [0.1, 0.15) is 17.8 Å². The summed E-state index contributed by atoms with van der Waals surface area (Å²) in [5, 5.41) is 5.86. The molecule has 0 radical (unpaired) electrons. The first-order valence-corrected chi connectivity index (χ1v) is 15.8. The molecule has 0 spiro atoms. The van der Waals surface area contributed by atoms with Gasteiger partial charge in [0.2, 0.25) is 11.7 Å². The highest BCUT2D eigenvalue weighted by molar-refractivity contribution is 7.55. The van der Waals surface area contributed by atoms with Crippen molar-refractivity contribution in [3.8, 4) is 11.5 Å². The summed E-state index contributed by atoms with van der Waals surface area (Å²) in [6.45, 7) is 3.77. The fourth-order valence-electron chi connectivity index (χ4n) is 4.35. The van der Waals surface area contributed by atoms with Gasteiger partial charge in [0.25, 0.3) is 0 Å². The summed E-state index contributed by atoms with van der Waals surface area (Å²) < 4.78 is 34.8.